The standard InChI is InChI=1S/C15H15N5O/c16-19-14(11-3-1-2-10-4-7-21-15(10)11)12-8-18-20-6-5-17-9-13(12)20/h1-3,5-6,8-9,14,19H,4,7,16H2. The van der Waals surface area contributed by atoms with Gasteiger partial charge in [-0.25, -0.2) is 9.94 Å². The number of nitrogens with zero attached hydrogens (tertiary/aromatic N) is 3. The van der Waals surface area contributed by atoms with E-state index in [2.05, 4.69) is 21.6 Å². The SMILES string of the molecule is NNC(c1cccc2c1OCC2)c1cnn2ccncc12. The van der Waals surface area contributed by atoms with Gasteiger partial charge in [-0.05, 0) is 5.56 Å². The van der Waals surface area contributed by atoms with Crippen molar-refractivity contribution in [3.05, 3.63) is 59.7 Å². The van der Waals surface area contributed by atoms with Crippen molar-refractivity contribution in [3.8, 4) is 5.75 Å². The summed E-state index contributed by atoms with van der Waals surface area (Å²) in [5.41, 5.74) is 7.05. The molecule has 1 aliphatic heterocycles. The van der Waals surface area contributed by atoms with E-state index in [0.717, 1.165) is 35.4 Å². The van der Waals surface area contributed by atoms with Gasteiger partial charge in [0.2, 0.25) is 0 Å². The number of nitrogens with two attached hydrogens (primary N) is 1. The van der Waals surface area contributed by atoms with Crippen molar-refractivity contribution in [1.29, 1.82) is 0 Å². The van der Waals surface area contributed by atoms with Crippen LogP contribution in [0.4, 0.5) is 0 Å². The molecule has 21 heavy (non-hydrogen) atoms. The summed E-state index contributed by atoms with van der Waals surface area (Å²) in [6, 6.07) is 5.99. The Kier molecular flexibility index (Phi) is 2.83. The van der Waals surface area contributed by atoms with Crippen LogP contribution >= 0.6 is 0 Å². The first-order valence-electron chi connectivity index (χ1n) is 6.86. The van der Waals surface area contributed by atoms with Gasteiger partial charge in [-0.15, -0.1) is 0 Å². The number of para-hydroxylation sites is 1. The fourth-order valence-corrected chi connectivity index (χ4v) is 2.89. The minimum absolute atomic E-state index is 0.181. The van der Waals surface area contributed by atoms with Gasteiger partial charge in [0.1, 0.15) is 5.75 Å². The highest BCUT2D eigenvalue weighted by Gasteiger charge is 2.24. The molecule has 0 spiro atoms. The molecule has 0 aliphatic carbocycles. The summed E-state index contributed by atoms with van der Waals surface area (Å²) in [7, 11) is 0. The van der Waals surface area contributed by atoms with Crippen molar-refractivity contribution >= 4 is 5.52 Å². The van der Waals surface area contributed by atoms with E-state index in [0.29, 0.717) is 0 Å². The molecule has 4 rings (SSSR count). The average Bonchev–Trinajstić information content (AvgIpc) is 3.15. The number of benzene rings is 1. The normalized spacial score (nSPS) is 14.9. The Labute approximate surface area is 121 Å². The first-order valence-corrected chi connectivity index (χ1v) is 6.86. The predicted octanol–water partition coefficient (Wildman–Crippen LogP) is 1.22. The topological polar surface area (TPSA) is 77.5 Å². The molecule has 0 saturated heterocycles. The highest BCUT2D eigenvalue weighted by atomic mass is 16.5. The molecule has 0 radical (unpaired) electrons. The number of fused-ring (bicyclic) bond motifs is 2. The van der Waals surface area contributed by atoms with Crippen LogP contribution in [0.15, 0.2) is 43.0 Å². The molecule has 1 aliphatic rings. The Morgan fingerprint density at radius 2 is 2.24 bits per heavy atom. The molecule has 3 aromatic rings. The van der Waals surface area contributed by atoms with E-state index in [1.807, 2.05) is 24.5 Å². The van der Waals surface area contributed by atoms with Crippen molar-refractivity contribution in [2.45, 2.75) is 12.5 Å². The van der Waals surface area contributed by atoms with Crippen molar-refractivity contribution in [1.82, 2.24) is 20.0 Å². The zero-order chi connectivity index (χ0) is 14.2. The van der Waals surface area contributed by atoms with Crippen LogP contribution in [0.25, 0.3) is 5.52 Å². The van der Waals surface area contributed by atoms with Crippen LogP contribution in [0.1, 0.15) is 22.7 Å². The van der Waals surface area contributed by atoms with Crippen LogP contribution in [0.3, 0.4) is 0 Å². The lowest BCUT2D eigenvalue weighted by Crippen LogP contribution is -2.29. The van der Waals surface area contributed by atoms with E-state index < -0.39 is 0 Å². The largest absolute Gasteiger partial charge is 0.493 e. The van der Waals surface area contributed by atoms with Crippen LogP contribution in [0.2, 0.25) is 0 Å². The summed E-state index contributed by atoms with van der Waals surface area (Å²) >= 11 is 0. The Bertz CT molecular complexity index is 798. The second kappa shape index (κ2) is 4.83. The van der Waals surface area contributed by atoms with Gasteiger partial charge in [0.15, 0.2) is 0 Å². The summed E-state index contributed by atoms with van der Waals surface area (Å²) in [6.45, 7) is 0.722. The maximum atomic E-state index is 5.82. The maximum Gasteiger partial charge on any atom is 0.127 e. The number of ether oxygens (including phenoxy) is 1. The van der Waals surface area contributed by atoms with Gasteiger partial charge in [0.25, 0.3) is 0 Å². The summed E-state index contributed by atoms with van der Waals surface area (Å²) in [6.07, 6.45) is 8.07. The van der Waals surface area contributed by atoms with Crippen molar-refractivity contribution < 1.29 is 4.74 Å². The first-order chi connectivity index (χ1) is 10.4. The predicted molar refractivity (Wildman–Crippen MR) is 77.8 cm³/mol. The van der Waals surface area contributed by atoms with E-state index in [4.69, 9.17) is 10.6 Å². The molecule has 2 aromatic heterocycles. The van der Waals surface area contributed by atoms with Crippen LogP contribution in [-0.4, -0.2) is 21.2 Å². The van der Waals surface area contributed by atoms with Crippen molar-refractivity contribution in [3.63, 3.8) is 0 Å². The fourth-order valence-electron chi connectivity index (χ4n) is 2.89. The smallest absolute Gasteiger partial charge is 0.127 e. The molecule has 1 unspecified atom stereocenters. The molecule has 3 heterocycles. The van der Waals surface area contributed by atoms with Gasteiger partial charge in [-0.2, -0.15) is 5.10 Å². The van der Waals surface area contributed by atoms with Gasteiger partial charge in [0.05, 0.1) is 30.6 Å². The van der Waals surface area contributed by atoms with E-state index in [-0.39, 0.29) is 6.04 Å². The van der Waals surface area contributed by atoms with Gasteiger partial charge in [0, 0.05) is 29.9 Å². The zero-order valence-electron chi connectivity index (χ0n) is 11.4. The third kappa shape index (κ3) is 1.88. The van der Waals surface area contributed by atoms with E-state index in [9.17, 15) is 0 Å². The number of nitrogens with one attached hydrogen (secondary N) is 1. The summed E-state index contributed by atoms with van der Waals surface area (Å²) in [5.74, 6) is 6.75. The fraction of sp³-hybridized carbons (Fsp3) is 0.200. The molecular weight excluding hydrogens is 266 g/mol. The molecule has 106 valence electrons. The highest BCUT2D eigenvalue weighted by molar-refractivity contribution is 5.58. The molecule has 0 amide bonds. The quantitative estimate of drug-likeness (QED) is 0.557. The lowest BCUT2D eigenvalue weighted by atomic mass is 9.97. The summed E-state index contributed by atoms with van der Waals surface area (Å²) in [4.78, 5) is 4.17. The lowest BCUT2D eigenvalue weighted by molar-refractivity contribution is 0.350. The van der Waals surface area contributed by atoms with Gasteiger partial charge >= 0.3 is 0 Å². The second-order valence-electron chi connectivity index (χ2n) is 5.04. The summed E-state index contributed by atoms with van der Waals surface area (Å²) < 4.78 is 7.57. The average molecular weight is 281 g/mol. The van der Waals surface area contributed by atoms with Crippen LogP contribution in [0, 0.1) is 0 Å². The number of aromatic nitrogens is 3. The monoisotopic (exact) mass is 281 g/mol. The first kappa shape index (κ1) is 12.3. The number of hydrogen-bond acceptors (Lipinski definition) is 5. The molecule has 1 aromatic carbocycles. The summed E-state index contributed by atoms with van der Waals surface area (Å²) in [5, 5.41) is 4.35. The molecular formula is C15H15N5O. The molecule has 1 atom stereocenters. The van der Waals surface area contributed by atoms with Crippen LogP contribution in [0.5, 0.6) is 5.75 Å². The molecule has 0 saturated carbocycles. The molecule has 6 heteroatoms. The van der Waals surface area contributed by atoms with E-state index in [1.165, 1.54) is 5.56 Å². The third-order valence-electron chi connectivity index (χ3n) is 3.89. The Morgan fingerprint density at radius 3 is 3.14 bits per heavy atom. The van der Waals surface area contributed by atoms with Crippen molar-refractivity contribution in [2.24, 2.45) is 5.84 Å². The van der Waals surface area contributed by atoms with E-state index >= 15 is 0 Å². The van der Waals surface area contributed by atoms with Crippen molar-refractivity contribution in [2.75, 3.05) is 6.61 Å². The third-order valence-corrected chi connectivity index (χ3v) is 3.89. The Balaban J connectivity index is 1.88. The van der Waals surface area contributed by atoms with Crippen LogP contribution in [-0.2, 0) is 6.42 Å². The number of hydrazine groups is 1. The molecule has 3 N–H and O–H groups in total. The zero-order valence-corrected chi connectivity index (χ0v) is 11.4. The number of rotatable bonds is 3. The van der Waals surface area contributed by atoms with E-state index in [1.54, 1.807) is 16.9 Å². The molecule has 6 nitrogen and oxygen atoms in total. The maximum absolute atomic E-state index is 5.82. The van der Waals surface area contributed by atoms with Gasteiger partial charge in [-0.3, -0.25) is 10.8 Å². The minimum Gasteiger partial charge on any atom is -0.493 e. The lowest BCUT2D eigenvalue weighted by Gasteiger charge is -2.18. The minimum atomic E-state index is -0.181. The van der Waals surface area contributed by atoms with Gasteiger partial charge in [-0.1, -0.05) is 18.2 Å². The van der Waals surface area contributed by atoms with Crippen LogP contribution < -0.4 is 16.0 Å². The molecule has 0 fully saturated rings. The Morgan fingerprint density at radius 1 is 1.29 bits per heavy atom. The number of hydrogen-bond donors (Lipinski definition) is 2. The Hall–Kier alpha value is -2.44. The van der Waals surface area contributed by atoms with Gasteiger partial charge < -0.3 is 4.74 Å². The highest BCUT2D eigenvalue weighted by Crippen LogP contribution is 2.36. The second-order valence-corrected chi connectivity index (χ2v) is 5.04. The molecule has 0 bridgehead atoms.